The van der Waals surface area contributed by atoms with Gasteiger partial charge < -0.3 is 15.3 Å². The van der Waals surface area contributed by atoms with Crippen molar-refractivity contribution in [2.75, 3.05) is 13.1 Å². The van der Waals surface area contributed by atoms with Crippen LogP contribution in [0.4, 0.5) is 13.2 Å². The van der Waals surface area contributed by atoms with E-state index in [-0.39, 0.29) is 23.6 Å². The summed E-state index contributed by atoms with van der Waals surface area (Å²) in [5.41, 5.74) is -2.83. The number of nitrogens with zero attached hydrogens (tertiary/aromatic N) is 1. The van der Waals surface area contributed by atoms with Crippen molar-refractivity contribution in [2.45, 2.75) is 56.5 Å². The first kappa shape index (κ1) is 18.2. The summed E-state index contributed by atoms with van der Waals surface area (Å²) in [7, 11) is 0. The van der Waals surface area contributed by atoms with Gasteiger partial charge in [-0.2, -0.15) is 13.2 Å². The summed E-state index contributed by atoms with van der Waals surface area (Å²) in [5.74, 6) is -0.132. The van der Waals surface area contributed by atoms with Crippen molar-refractivity contribution in [3.05, 3.63) is 35.4 Å². The second-order valence-corrected chi connectivity index (χ2v) is 7.07. The molecule has 4 nitrogen and oxygen atoms in total. The highest BCUT2D eigenvalue weighted by atomic mass is 19.4. The molecule has 3 rings (SSSR count). The number of carbonyl (C=O) groups is 1. The van der Waals surface area contributed by atoms with Gasteiger partial charge in [-0.05, 0) is 63.4 Å². The molecule has 1 amide bonds. The largest absolute Gasteiger partial charge is 0.421 e. The van der Waals surface area contributed by atoms with Crippen LogP contribution in [-0.4, -0.2) is 47.3 Å². The fourth-order valence-corrected chi connectivity index (χ4v) is 3.32. The van der Waals surface area contributed by atoms with Gasteiger partial charge in [-0.15, -0.1) is 0 Å². The first-order chi connectivity index (χ1) is 11.7. The summed E-state index contributed by atoms with van der Waals surface area (Å²) >= 11 is 0. The average molecular weight is 356 g/mol. The number of amides is 1. The van der Waals surface area contributed by atoms with Gasteiger partial charge in [0.05, 0.1) is 0 Å². The van der Waals surface area contributed by atoms with E-state index < -0.39 is 11.8 Å². The van der Waals surface area contributed by atoms with Gasteiger partial charge in [0.25, 0.3) is 5.91 Å². The van der Waals surface area contributed by atoms with Crippen LogP contribution in [0.5, 0.6) is 0 Å². The third-order valence-electron chi connectivity index (χ3n) is 5.12. The summed E-state index contributed by atoms with van der Waals surface area (Å²) < 4.78 is 38.8. The van der Waals surface area contributed by atoms with E-state index in [1.54, 1.807) is 0 Å². The molecule has 1 saturated carbocycles. The zero-order valence-electron chi connectivity index (χ0n) is 14.1. The van der Waals surface area contributed by atoms with E-state index in [0.717, 1.165) is 45.7 Å². The highest BCUT2D eigenvalue weighted by Crippen LogP contribution is 2.38. The molecule has 138 valence electrons. The van der Waals surface area contributed by atoms with Gasteiger partial charge in [-0.3, -0.25) is 4.79 Å². The number of hydrogen-bond acceptors (Lipinski definition) is 3. The van der Waals surface area contributed by atoms with Crippen LogP contribution >= 0.6 is 0 Å². The van der Waals surface area contributed by atoms with Crippen molar-refractivity contribution in [1.29, 1.82) is 0 Å². The molecule has 2 fully saturated rings. The fourth-order valence-electron chi connectivity index (χ4n) is 3.32. The lowest BCUT2D eigenvalue weighted by Gasteiger charge is -2.35. The van der Waals surface area contributed by atoms with Crippen molar-refractivity contribution in [3.8, 4) is 0 Å². The Morgan fingerprint density at radius 1 is 1.08 bits per heavy atom. The molecule has 0 bridgehead atoms. The van der Waals surface area contributed by atoms with Crippen molar-refractivity contribution < 1.29 is 23.1 Å². The third kappa shape index (κ3) is 3.67. The first-order valence-corrected chi connectivity index (χ1v) is 8.65. The highest BCUT2D eigenvalue weighted by Gasteiger charge is 2.51. The van der Waals surface area contributed by atoms with Crippen LogP contribution < -0.4 is 5.32 Å². The highest BCUT2D eigenvalue weighted by molar-refractivity contribution is 5.95. The zero-order chi connectivity index (χ0) is 18.2. The number of halogens is 3. The monoisotopic (exact) mass is 356 g/mol. The maximum atomic E-state index is 12.9. The number of alkyl halides is 3. The lowest BCUT2D eigenvalue weighted by Crippen LogP contribution is -2.47. The Bertz CT molecular complexity index is 618. The maximum Gasteiger partial charge on any atom is 0.421 e. The van der Waals surface area contributed by atoms with Crippen molar-refractivity contribution in [1.82, 2.24) is 10.2 Å². The zero-order valence-corrected chi connectivity index (χ0v) is 14.1. The quantitative estimate of drug-likeness (QED) is 0.872. The predicted molar refractivity (Wildman–Crippen MR) is 87.2 cm³/mol. The number of aliphatic hydroxyl groups is 1. The van der Waals surface area contributed by atoms with E-state index in [1.165, 1.54) is 24.3 Å². The van der Waals surface area contributed by atoms with Crippen molar-refractivity contribution >= 4 is 5.91 Å². The Hall–Kier alpha value is -1.60. The van der Waals surface area contributed by atoms with Gasteiger partial charge in [0, 0.05) is 17.6 Å². The van der Waals surface area contributed by atoms with Crippen LogP contribution in [0.1, 0.15) is 48.5 Å². The number of piperidine rings is 1. The molecule has 2 aliphatic rings. The van der Waals surface area contributed by atoms with Gasteiger partial charge in [0.2, 0.25) is 0 Å². The maximum absolute atomic E-state index is 12.9. The summed E-state index contributed by atoms with van der Waals surface area (Å²) in [5, 5.41) is 13.0. The van der Waals surface area contributed by atoms with Gasteiger partial charge >= 0.3 is 6.18 Å². The van der Waals surface area contributed by atoms with E-state index in [2.05, 4.69) is 5.32 Å². The minimum atomic E-state index is -4.77. The molecular weight excluding hydrogens is 333 g/mol. The van der Waals surface area contributed by atoms with Gasteiger partial charge in [-0.25, -0.2) is 0 Å². The Balaban J connectivity index is 1.79. The Morgan fingerprint density at radius 3 is 2.08 bits per heavy atom. The van der Waals surface area contributed by atoms with E-state index in [1.807, 2.05) is 4.90 Å². The molecule has 1 aromatic rings. The predicted octanol–water partition coefficient (Wildman–Crippen LogP) is 2.81. The molecule has 0 radical (unpaired) electrons. The van der Waals surface area contributed by atoms with Gasteiger partial charge in [0.1, 0.15) is 0 Å². The van der Waals surface area contributed by atoms with E-state index in [0.29, 0.717) is 5.56 Å². The summed E-state index contributed by atoms with van der Waals surface area (Å²) in [4.78, 5) is 14.8. The van der Waals surface area contributed by atoms with Crippen LogP contribution in [0.25, 0.3) is 0 Å². The molecule has 1 aliphatic heterocycles. The lowest BCUT2D eigenvalue weighted by atomic mass is 9.94. The molecule has 1 saturated heterocycles. The Kier molecular flexibility index (Phi) is 4.81. The SMILES string of the molecule is C[C@](O)(c1ccc(C(=O)N(C2CCNCC2)C2CC2)cc1)C(F)(F)F. The van der Waals surface area contributed by atoms with Crippen LogP contribution in [0.15, 0.2) is 24.3 Å². The minimum absolute atomic E-state index is 0.132. The summed E-state index contributed by atoms with van der Waals surface area (Å²) in [6.45, 7) is 2.46. The molecule has 25 heavy (non-hydrogen) atoms. The standard InChI is InChI=1S/C18H23F3N2O2/c1-17(25,18(19,20)21)13-4-2-12(3-5-13)16(24)23(14-6-7-14)15-8-10-22-11-9-15/h2-5,14-15,22,25H,6-11H2,1H3/t17-/m0/s1. The van der Waals surface area contributed by atoms with E-state index in [4.69, 9.17) is 0 Å². The van der Waals surface area contributed by atoms with Crippen LogP contribution in [0.3, 0.4) is 0 Å². The third-order valence-corrected chi connectivity index (χ3v) is 5.12. The molecule has 7 heteroatoms. The molecule has 0 aromatic heterocycles. The van der Waals surface area contributed by atoms with Gasteiger partial charge in [0.15, 0.2) is 5.60 Å². The number of nitrogens with one attached hydrogen (secondary N) is 1. The van der Waals surface area contributed by atoms with Crippen LogP contribution in [-0.2, 0) is 5.60 Å². The van der Waals surface area contributed by atoms with Crippen LogP contribution in [0, 0.1) is 0 Å². The van der Waals surface area contributed by atoms with Gasteiger partial charge in [-0.1, -0.05) is 12.1 Å². The molecular formula is C18H23F3N2O2. The second kappa shape index (κ2) is 6.61. The van der Waals surface area contributed by atoms with Crippen molar-refractivity contribution in [2.24, 2.45) is 0 Å². The van der Waals surface area contributed by atoms with Crippen molar-refractivity contribution in [3.63, 3.8) is 0 Å². The number of rotatable bonds is 4. The molecule has 1 heterocycles. The number of carbonyl (C=O) groups excluding carboxylic acids is 1. The number of hydrogen-bond donors (Lipinski definition) is 2. The number of benzene rings is 1. The molecule has 1 aromatic carbocycles. The smallest absolute Gasteiger partial charge is 0.376 e. The molecule has 2 N–H and O–H groups in total. The normalized spacial score (nSPS) is 21.6. The summed E-state index contributed by atoms with van der Waals surface area (Å²) in [6.07, 6.45) is -1.02. The minimum Gasteiger partial charge on any atom is -0.376 e. The van der Waals surface area contributed by atoms with E-state index >= 15 is 0 Å². The summed E-state index contributed by atoms with van der Waals surface area (Å²) in [6, 6.07) is 5.57. The molecule has 0 unspecified atom stereocenters. The first-order valence-electron chi connectivity index (χ1n) is 8.65. The second-order valence-electron chi connectivity index (χ2n) is 7.07. The topological polar surface area (TPSA) is 52.6 Å². The van der Waals surface area contributed by atoms with E-state index in [9.17, 15) is 23.1 Å². The molecule has 0 spiro atoms. The Labute approximate surface area is 145 Å². The average Bonchev–Trinajstić information content (AvgIpc) is 3.40. The lowest BCUT2D eigenvalue weighted by molar-refractivity contribution is -0.258. The molecule has 1 atom stereocenters. The Morgan fingerprint density at radius 2 is 1.60 bits per heavy atom. The fraction of sp³-hybridized carbons (Fsp3) is 0.611. The molecule has 1 aliphatic carbocycles. The van der Waals surface area contributed by atoms with Crippen LogP contribution in [0.2, 0.25) is 0 Å².